The molecule has 0 aliphatic heterocycles. The molecular formula is C30H25F2N4O5P. The summed E-state index contributed by atoms with van der Waals surface area (Å²) in [5.74, 6) is -0.301. The maximum atomic E-state index is 15.4. The Morgan fingerprint density at radius 1 is 0.976 bits per heavy atom. The molecule has 0 aliphatic carbocycles. The van der Waals surface area contributed by atoms with Crippen molar-refractivity contribution in [3.63, 3.8) is 0 Å². The number of methoxy groups -OCH3 is 1. The van der Waals surface area contributed by atoms with Crippen molar-refractivity contribution in [1.82, 2.24) is 14.5 Å². The summed E-state index contributed by atoms with van der Waals surface area (Å²) in [5.41, 5.74) is 2.85. The van der Waals surface area contributed by atoms with Crippen LogP contribution in [0.4, 0.5) is 8.78 Å². The molecule has 2 N–H and O–H groups in total. The number of imidazole rings is 1. The highest BCUT2D eigenvalue weighted by atomic mass is 31.2. The van der Waals surface area contributed by atoms with Gasteiger partial charge in [-0.25, -0.2) is 18.7 Å². The fourth-order valence-electron chi connectivity index (χ4n) is 4.47. The van der Waals surface area contributed by atoms with Gasteiger partial charge in [0, 0.05) is 37.3 Å². The molecule has 42 heavy (non-hydrogen) atoms. The van der Waals surface area contributed by atoms with Gasteiger partial charge in [-0.2, -0.15) is 5.26 Å². The predicted molar refractivity (Wildman–Crippen MR) is 151 cm³/mol. The van der Waals surface area contributed by atoms with E-state index < -0.39 is 19.2 Å². The third-order valence-electron chi connectivity index (χ3n) is 6.64. The third kappa shape index (κ3) is 6.38. The number of nitriles is 1. The zero-order chi connectivity index (χ0) is 29.9. The second-order valence-electron chi connectivity index (χ2n) is 9.44. The van der Waals surface area contributed by atoms with Crippen molar-refractivity contribution in [2.75, 3.05) is 13.7 Å². The number of rotatable bonds is 10. The molecule has 0 amide bonds. The third-order valence-corrected chi connectivity index (χ3v) is 7.60. The smallest absolute Gasteiger partial charge is 0.356 e. The Morgan fingerprint density at radius 3 is 2.48 bits per heavy atom. The summed E-state index contributed by atoms with van der Waals surface area (Å²) in [5, 5.41) is 8.77. The van der Waals surface area contributed by atoms with Gasteiger partial charge < -0.3 is 23.8 Å². The first-order chi connectivity index (χ1) is 20.2. The lowest BCUT2D eigenvalue weighted by Crippen LogP contribution is -2.11. The largest absolute Gasteiger partial charge is 0.473 e. The average Bonchev–Trinajstić information content (AvgIpc) is 3.32. The minimum absolute atomic E-state index is 0.0962. The van der Waals surface area contributed by atoms with Crippen LogP contribution in [0.15, 0.2) is 72.8 Å². The van der Waals surface area contributed by atoms with Crippen LogP contribution in [0.25, 0.3) is 22.3 Å². The molecule has 0 fully saturated rings. The second-order valence-corrected chi connectivity index (χ2v) is 11.0. The SMILES string of the molecule is COCCn1c(Cc2ccc(-c3cccc(OCc4ccc(C#N)cc4F)n3)cc2F)nc2ccc(P(=O)(O)O)cc21. The fourth-order valence-corrected chi connectivity index (χ4v) is 5.03. The molecule has 12 heteroatoms. The van der Waals surface area contributed by atoms with Crippen molar-refractivity contribution in [1.29, 1.82) is 5.26 Å². The summed E-state index contributed by atoms with van der Waals surface area (Å²) in [4.78, 5) is 28.2. The Morgan fingerprint density at radius 2 is 1.76 bits per heavy atom. The van der Waals surface area contributed by atoms with E-state index in [0.29, 0.717) is 46.8 Å². The highest BCUT2D eigenvalue weighted by Gasteiger charge is 2.21. The Bertz CT molecular complexity index is 1870. The van der Waals surface area contributed by atoms with Gasteiger partial charge in [0.2, 0.25) is 5.88 Å². The quantitative estimate of drug-likeness (QED) is 0.221. The van der Waals surface area contributed by atoms with Crippen LogP contribution in [0, 0.1) is 23.0 Å². The van der Waals surface area contributed by atoms with Crippen molar-refractivity contribution >= 4 is 23.9 Å². The van der Waals surface area contributed by atoms with E-state index in [1.54, 1.807) is 34.9 Å². The van der Waals surface area contributed by atoms with Gasteiger partial charge in [-0.05, 0) is 48.0 Å². The minimum atomic E-state index is -4.47. The standard InChI is InChI=1S/C30H25F2N4O5P/c1-40-12-11-36-28-16-23(42(37,38)39)9-10-27(28)34-29(36)15-20-7-8-21(14-25(20)32)26-3-2-4-30(35-26)41-18-22-6-5-19(17-33)13-24(22)31/h2-10,13-14,16H,11-12,15,18H2,1H3,(H2,37,38,39). The lowest BCUT2D eigenvalue weighted by atomic mass is 10.1. The van der Waals surface area contributed by atoms with Crippen LogP contribution in [0.3, 0.4) is 0 Å². The van der Waals surface area contributed by atoms with E-state index in [1.807, 2.05) is 6.07 Å². The topological polar surface area (TPSA) is 130 Å². The fraction of sp³-hybridized carbons (Fsp3) is 0.167. The van der Waals surface area contributed by atoms with Gasteiger partial charge in [0.25, 0.3) is 0 Å². The molecule has 0 saturated heterocycles. The zero-order valence-corrected chi connectivity index (χ0v) is 23.3. The molecule has 0 radical (unpaired) electrons. The van der Waals surface area contributed by atoms with Gasteiger partial charge in [0.15, 0.2) is 0 Å². The van der Waals surface area contributed by atoms with Gasteiger partial charge in [0.1, 0.15) is 24.1 Å². The molecule has 5 rings (SSSR count). The van der Waals surface area contributed by atoms with Crippen molar-refractivity contribution in [3.8, 4) is 23.2 Å². The Kier molecular flexibility index (Phi) is 8.43. The van der Waals surface area contributed by atoms with Gasteiger partial charge in [0.05, 0.1) is 40.3 Å². The highest BCUT2D eigenvalue weighted by molar-refractivity contribution is 7.60. The summed E-state index contributed by atoms with van der Waals surface area (Å²) in [7, 11) is -2.93. The van der Waals surface area contributed by atoms with Crippen molar-refractivity contribution < 1.29 is 32.6 Å². The molecule has 0 bridgehead atoms. The van der Waals surface area contributed by atoms with Gasteiger partial charge in [-0.1, -0.05) is 24.3 Å². The average molecular weight is 591 g/mol. The summed E-state index contributed by atoms with van der Waals surface area (Å²) < 4.78 is 54.0. The van der Waals surface area contributed by atoms with Crippen LogP contribution < -0.4 is 10.0 Å². The second kappa shape index (κ2) is 12.2. The summed E-state index contributed by atoms with van der Waals surface area (Å²) >= 11 is 0. The molecule has 2 heterocycles. The number of ether oxygens (including phenoxy) is 2. The van der Waals surface area contributed by atoms with Gasteiger partial charge in [-0.3, -0.25) is 4.57 Å². The van der Waals surface area contributed by atoms with E-state index >= 15 is 4.39 Å². The van der Waals surface area contributed by atoms with Crippen molar-refractivity contribution in [2.24, 2.45) is 0 Å². The van der Waals surface area contributed by atoms with Gasteiger partial charge in [-0.15, -0.1) is 0 Å². The number of pyridine rings is 1. The minimum Gasteiger partial charge on any atom is -0.473 e. The molecule has 0 saturated carbocycles. The molecule has 2 aromatic heterocycles. The molecular weight excluding hydrogens is 565 g/mol. The van der Waals surface area contributed by atoms with Crippen LogP contribution in [0.5, 0.6) is 5.88 Å². The van der Waals surface area contributed by atoms with Gasteiger partial charge >= 0.3 is 7.60 Å². The molecule has 9 nitrogen and oxygen atoms in total. The first-order valence-electron chi connectivity index (χ1n) is 12.8. The van der Waals surface area contributed by atoms with Crippen LogP contribution in [-0.2, 0) is 28.9 Å². The number of fused-ring (bicyclic) bond motifs is 1. The molecule has 3 aromatic carbocycles. The first-order valence-corrected chi connectivity index (χ1v) is 14.4. The maximum Gasteiger partial charge on any atom is 0.356 e. The lowest BCUT2D eigenvalue weighted by molar-refractivity contribution is 0.187. The van der Waals surface area contributed by atoms with E-state index in [1.165, 1.54) is 43.5 Å². The molecule has 0 aliphatic rings. The van der Waals surface area contributed by atoms with Crippen LogP contribution in [0.1, 0.15) is 22.5 Å². The summed E-state index contributed by atoms with van der Waals surface area (Å²) in [6.45, 7) is 0.582. The Labute approximate surface area is 239 Å². The Balaban J connectivity index is 1.37. The zero-order valence-electron chi connectivity index (χ0n) is 22.4. The maximum absolute atomic E-state index is 15.4. The number of benzene rings is 3. The Hall–Kier alpha value is -4.46. The van der Waals surface area contributed by atoms with Crippen LogP contribution in [-0.4, -0.2) is 38.0 Å². The van der Waals surface area contributed by atoms with Crippen LogP contribution in [0.2, 0.25) is 0 Å². The normalized spacial score (nSPS) is 11.5. The number of aromatic nitrogens is 3. The number of nitrogens with zero attached hydrogens (tertiary/aromatic N) is 4. The summed E-state index contributed by atoms with van der Waals surface area (Å²) in [6.07, 6.45) is 0.127. The monoisotopic (exact) mass is 590 g/mol. The number of hydrogen-bond donors (Lipinski definition) is 2. The number of halogens is 2. The molecule has 214 valence electrons. The lowest BCUT2D eigenvalue weighted by Gasteiger charge is -2.11. The molecule has 0 atom stereocenters. The first kappa shape index (κ1) is 29.0. The van der Waals surface area contributed by atoms with Crippen molar-refractivity contribution in [3.05, 3.63) is 107 Å². The predicted octanol–water partition coefficient (Wildman–Crippen LogP) is 4.87. The molecule has 5 aromatic rings. The highest BCUT2D eigenvalue weighted by Crippen LogP contribution is 2.34. The molecule has 0 spiro atoms. The van der Waals surface area contributed by atoms with E-state index in [9.17, 15) is 18.7 Å². The van der Waals surface area contributed by atoms with Crippen molar-refractivity contribution in [2.45, 2.75) is 19.6 Å². The van der Waals surface area contributed by atoms with E-state index in [-0.39, 0.29) is 35.3 Å². The van der Waals surface area contributed by atoms with E-state index in [4.69, 9.17) is 14.7 Å². The molecule has 0 unspecified atom stereocenters. The number of hydrogen-bond acceptors (Lipinski definition) is 6. The summed E-state index contributed by atoms with van der Waals surface area (Å²) in [6, 6.07) is 20.0. The van der Waals surface area contributed by atoms with E-state index in [0.717, 1.165) is 6.07 Å². The van der Waals surface area contributed by atoms with Crippen LogP contribution >= 0.6 is 7.60 Å². The van der Waals surface area contributed by atoms with E-state index in [2.05, 4.69) is 9.97 Å².